The van der Waals surface area contributed by atoms with Crippen LogP contribution >= 0.6 is 11.8 Å². The van der Waals surface area contributed by atoms with Crippen molar-refractivity contribution < 1.29 is 0 Å². The molecule has 1 rings (SSSR count). The first-order chi connectivity index (χ1) is 6.83. The van der Waals surface area contributed by atoms with E-state index in [1.807, 2.05) is 43.0 Å². The molecule has 1 aromatic rings. The molecule has 14 heavy (non-hydrogen) atoms. The molecule has 0 aromatic carbocycles. The SMILES string of the molecule is C=CCSCCNc1cccc(C)n1. The molecule has 2 nitrogen and oxygen atoms in total. The molecule has 0 saturated heterocycles. The molecule has 0 atom stereocenters. The van der Waals surface area contributed by atoms with Crippen LogP contribution < -0.4 is 5.32 Å². The quantitative estimate of drug-likeness (QED) is 0.575. The van der Waals surface area contributed by atoms with Crippen LogP contribution in [-0.2, 0) is 0 Å². The van der Waals surface area contributed by atoms with Gasteiger partial charge in [-0.1, -0.05) is 12.1 Å². The number of rotatable bonds is 6. The Morgan fingerprint density at radius 3 is 3.14 bits per heavy atom. The van der Waals surface area contributed by atoms with Crippen LogP contribution in [0.1, 0.15) is 5.69 Å². The van der Waals surface area contributed by atoms with Gasteiger partial charge in [0.2, 0.25) is 0 Å². The lowest BCUT2D eigenvalue weighted by Gasteiger charge is -2.04. The van der Waals surface area contributed by atoms with Gasteiger partial charge < -0.3 is 5.32 Å². The van der Waals surface area contributed by atoms with Crippen molar-refractivity contribution in [2.24, 2.45) is 0 Å². The van der Waals surface area contributed by atoms with Gasteiger partial charge in [0.05, 0.1) is 0 Å². The van der Waals surface area contributed by atoms with Crippen LogP contribution in [0.4, 0.5) is 5.82 Å². The van der Waals surface area contributed by atoms with Crippen LogP contribution in [0, 0.1) is 6.92 Å². The van der Waals surface area contributed by atoms with Gasteiger partial charge in [-0.3, -0.25) is 0 Å². The topological polar surface area (TPSA) is 24.9 Å². The number of thioether (sulfide) groups is 1. The van der Waals surface area contributed by atoms with Gasteiger partial charge in [0.25, 0.3) is 0 Å². The van der Waals surface area contributed by atoms with E-state index < -0.39 is 0 Å². The fraction of sp³-hybridized carbons (Fsp3) is 0.364. The van der Waals surface area contributed by atoms with E-state index in [2.05, 4.69) is 16.9 Å². The Bertz CT molecular complexity index is 286. The van der Waals surface area contributed by atoms with Gasteiger partial charge >= 0.3 is 0 Å². The highest BCUT2D eigenvalue weighted by atomic mass is 32.2. The van der Waals surface area contributed by atoms with E-state index in [0.29, 0.717) is 0 Å². The highest BCUT2D eigenvalue weighted by Gasteiger charge is 1.92. The van der Waals surface area contributed by atoms with Crippen LogP contribution in [0.5, 0.6) is 0 Å². The minimum Gasteiger partial charge on any atom is -0.369 e. The molecule has 0 aliphatic carbocycles. The standard InChI is InChI=1S/C11H16N2S/c1-3-8-14-9-7-12-11-6-4-5-10(2)13-11/h3-6H,1,7-9H2,2H3,(H,12,13). The smallest absolute Gasteiger partial charge is 0.126 e. The van der Waals surface area contributed by atoms with Crippen LogP contribution in [0.3, 0.4) is 0 Å². The molecule has 0 spiro atoms. The largest absolute Gasteiger partial charge is 0.369 e. The van der Waals surface area contributed by atoms with Crippen molar-refractivity contribution in [2.45, 2.75) is 6.92 Å². The average molecular weight is 208 g/mol. The Morgan fingerprint density at radius 1 is 1.57 bits per heavy atom. The highest BCUT2D eigenvalue weighted by molar-refractivity contribution is 7.99. The maximum absolute atomic E-state index is 4.35. The van der Waals surface area contributed by atoms with Crippen molar-refractivity contribution in [3.8, 4) is 0 Å². The van der Waals surface area contributed by atoms with E-state index in [4.69, 9.17) is 0 Å². The van der Waals surface area contributed by atoms with Crippen LogP contribution in [0.25, 0.3) is 0 Å². The summed E-state index contributed by atoms with van der Waals surface area (Å²) in [7, 11) is 0. The summed E-state index contributed by atoms with van der Waals surface area (Å²) in [5.74, 6) is 3.06. The zero-order chi connectivity index (χ0) is 10.2. The maximum atomic E-state index is 4.35. The molecule has 0 bridgehead atoms. The molecule has 0 aliphatic rings. The Hall–Kier alpha value is -0.960. The molecular formula is C11H16N2S. The van der Waals surface area contributed by atoms with Crippen molar-refractivity contribution in [3.05, 3.63) is 36.5 Å². The van der Waals surface area contributed by atoms with Gasteiger partial charge in [0.15, 0.2) is 0 Å². The third-order valence-electron chi connectivity index (χ3n) is 1.68. The molecule has 1 aromatic heterocycles. The summed E-state index contributed by atoms with van der Waals surface area (Å²) >= 11 is 1.87. The fourth-order valence-corrected chi connectivity index (χ4v) is 1.64. The van der Waals surface area contributed by atoms with E-state index >= 15 is 0 Å². The summed E-state index contributed by atoms with van der Waals surface area (Å²) in [6, 6.07) is 6.00. The number of hydrogen-bond acceptors (Lipinski definition) is 3. The van der Waals surface area contributed by atoms with Gasteiger partial charge in [-0.2, -0.15) is 11.8 Å². The summed E-state index contributed by atoms with van der Waals surface area (Å²) < 4.78 is 0. The van der Waals surface area contributed by atoms with Gasteiger partial charge in [0.1, 0.15) is 5.82 Å². The minimum absolute atomic E-state index is 0.953. The van der Waals surface area contributed by atoms with Gasteiger partial charge in [-0.05, 0) is 19.1 Å². The summed E-state index contributed by atoms with van der Waals surface area (Å²) in [5.41, 5.74) is 1.05. The summed E-state index contributed by atoms with van der Waals surface area (Å²) in [6.45, 7) is 6.63. The molecule has 0 amide bonds. The second-order valence-corrected chi connectivity index (χ2v) is 4.10. The molecule has 1 N–H and O–H groups in total. The molecular weight excluding hydrogens is 192 g/mol. The maximum Gasteiger partial charge on any atom is 0.126 e. The number of pyridine rings is 1. The molecule has 0 aliphatic heterocycles. The van der Waals surface area contributed by atoms with Crippen molar-refractivity contribution in [1.29, 1.82) is 0 Å². The number of nitrogens with one attached hydrogen (secondary N) is 1. The Labute approximate surface area is 89.8 Å². The molecule has 0 unspecified atom stereocenters. The van der Waals surface area contributed by atoms with Gasteiger partial charge in [0, 0.05) is 23.7 Å². The number of anilines is 1. The van der Waals surface area contributed by atoms with E-state index in [0.717, 1.165) is 29.6 Å². The summed E-state index contributed by atoms with van der Waals surface area (Å²) in [5, 5.41) is 3.28. The number of nitrogens with zero attached hydrogens (tertiary/aromatic N) is 1. The van der Waals surface area contributed by atoms with Crippen molar-refractivity contribution in [2.75, 3.05) is 23.4 Å². The van der Waals surface area contributed by atoms with E-state index in [1.165, 1.54) is 0 Å². The minimum atomic E-state index is 0.953. The first kappa shape index (κ1) is 11.1. The van der Waals surface area contributed by atoms with Gasteiger partial charge in [-0.25, -0.2) is 4.98 Å². The molecule has 1 heterocycles. The van der Waals surface area contributed by atoms with Gasteiger partial charge in [-0.15, -0.1) is 6.58 Å². The number of aromatic nitrogens is 1. The average Bonchev–Trinajstić information content (AvgIpc) is 2.18. The molecule has 0 fully saturated rings. The second kappa shape index (κ2) is 6.49. The fourth-order valence-electron chi connectivity index (χ4n) is 1.06. The predicted octanol–water partition coefficient (Wildman–Crippen LogP) is 2.72. The lowest BCUT2D eigenvalue weighted by Crippen LogP contribution is -2.05. The Morgan fingerprint density at radius 2 is 2.43 bits per heavy atom. The van der Waals surface area contributed by atoms with E-state index in [1.54, 1.807) is 0 Å². The van der Waals surface area contributed by atoms with Crippen molar-refractivity contribution in [1.82, 2.24) is 4.98 Å². The lowest BCUT2D eigenvalue weighted by molar-refractivity contribution is 1.13. The Balaban J connectivity index is 2.21. The number of hydrogen-bond donors (Lipinski definition) is 1. The lowest BCUT2D eigenvalue weighted by atomic mass is 10.4. The highest BCUT2D eigenvalue weighted by Crippen LogP contribution is 2.04. The molecule has 0 saturated carbocycles. The summed E-state index contributed by atoms with van der Waals surface area (Å²) in [4.78, 5) is 4.35. The molecule has 0 radical (unpaired) electrons. The number of aryl methyl sites for hydroxylation is 1. The third-order valence-corrected chi connectivity index (χ3v) is 2.64. The Kier molecular flexibility index (Phi) is 5.15. The van der Waals surface area contributed by atoms with E-state index in [9.17, 15) is 0 Å². The monoisotopic (exact) mass is 208 g/mol. The first-order valence-electron chi connectivity index (χ1n) is 4.69. The predicted molar refractivity (Wildman–Crippen MR) is 65.0 cm³/mol. The van der Waals surface area contributed by atoms with Crippen molar-refractivity contribution >= 4 is 17.6 Å². The first-order valence-corrected chi connectivity index (χ1v) is 5.84. The summed E-state index contributed by atoms with van der Waals surface area (Å²) in [6.07, 6.45) is 1.93. The second-order valence-electron chi connectivity index (χ2n) is 2.95. The normalized spacial score (nSPS) is 9.79. The van der Waals surface area contributed by atoms with Crippen molar-refractivity contribution in [3.63, 3.8) is 0 Å². The van der Waals surface area contributed by atoms with Crippen LogP contribution in [0.2, 0.25) is 0 Å². The third kappa shape index (κ3) is 4.33. The van der Waals surface area contributed by atoms with Crippen LogP contribution in [-0.4, -0.2) is 23.0 Å². The molecule has 76 valence electrons. The zero-order valence-electron chi connectivity index (χ0n) is 8.49. The molecule has 3 heteroatoms. The van der Waals surface area contributed by atoms with E-state index in [-0.39, 0.29) is 0 Å². The van der Waals surface area contributed by atoms with Crippen LogP contribution in [0.15, 0.2) is 30.9 Å². The zero-order valence-corrected chi connectivity index (χ0v) is 9.31.